The standard InChI is InChI=1S/C20H12O3/c21-19-17-15-11-7-3-1-5-9-13(15)14-10-6-2-4-8-12-16(14)18(17)20(22)23-19/h1-12H. The number of benzene rings is 1. The number of hydrogen-bond donors (Lipinski definition) is 0. The average Bonchev–Trinajstić information content (AvgIpc) is 2.75. The van der Waals surface area contributed by atoms with E-state index in [1.807, 2.05) is 72.8 Å². The molecule has 3 heteroatoms. The summed E-state index contributed by atoms with van der Waals surface area (Å²) < 4.78 is 4.88. The molecule has 0 fully saturated rings. The van der Waals surface area contributed by atoms with Crippen LogP contribution >= 0.6 is 0 Å². The van der Waals surface area contributed by atoms with Gasteiger partial charge < -0.3 is 4.42 Å². The van der Waals surface area contributed by atoms with E-state index in [0.717, 1.165) is 21.5 Å². The lowest BCUT2D eigenvalue weighted by Gasteiger charge is -2.02. The zero-order valence-electron chi connectivity index (χ0n) is 12.2. The molecule has 0 aliphatic rings. The van der Waals surface area contributed by atoms with Gasteiger partial charge in [-0.05, 0) is 21.5 Å². The van der Waals surface area contributed by atoms with Gasteiger partial charge in [0.1, 0.15) is 0 Å². The molecule has 3 nitrogen and oxygen atoms in total. The van der Waals surface area contributed by atoms with Crippen LogP contribution in [0.15, 0.2) is 86.8 Å². The maximum Gasteiger partial charge on any atom is 0.347 e. The second-order valence-electron chi connectivity index (χ2n) is 5.29. The molecule has 110 valence electrons. The Morgan fingerprint density at radius 2 is 0.826 bits per heavy atom. The fraction of sp³-hybridized carbons (Fsp3) is 0. The summed E-state index contributed by atoms with van der Waals surface area (Å²) in [5.74, 6) is 0. The molecule has 0 unspecified atom stereocenters. The van der Waals surface area contributed by atoms with Crippen molar-refractivity contribution >= 4 is 32.3 Å². The van der Waals surface area contributed by atoms with E-state index in [9.17, 15) is 9.59 Å². The van der Waals surface area contributed by atoms with E-state index in [1.165, 1.54) is 0 Å². The minimum Gasteiger partial charge on any atom is -0.386 e. The van der Waals surface area contributed by atoms with Crippen LogP contribution in [-0.2, 0) is 0 Å². The molecule has 4 rings (SSSR count). The van der Waals surface area contributed by atoms with Gasteiger partial charge in [-0.3, -0.25) is 0 Å². The lowest BCUT2D eigenvalue weighted by atomic mass is 9.98. The van der Waals surface area contributed by atoms with Crippen molar-refractivity contribution in [3.05, 3.63) is 93.6 Å². The van der Waals surface area contributed by atoms with Crippen molar-refractivity contribution in [1.82, 2.24) is 0 Å². The van der Waals surface area contributed by atoms with Crippen LogP contribution in [0.5, 0.6) is 0 Å². The highest BCUT2D eigenvalue weighted by Crippen LogP contribution is 2.30. The Bertz CT molecular complexity index is 1110. The first-order valence-corrected chi connectivity index (χ1v) is 7.30. The van der Waals surface area contributed by atoms with Gasteiger partial charge in [0.05, 0.1) is 10.8 Å². The molecule has 0 saturated carbocycles. The molecule has 4 aromatic rings. The molecule has 0 bridgehead atoms. The predicted octanol–water partition coefficient (Wildman–Crippen LogP) is 4.02. The lowest BCUT2D eigenvalue weighted by Crippen LogP contribution is -1.94. The third kappa shape index (κ3) is 2.06. The molecule has 0 aliphatic carbocycles. The van der Waals surface area contributed by atoms with Crippen molar-refractivity contribution in [2.45, 2.75) is 0 Å². The van der Waals surface area contributed by atoms with Gasteiger partial charge in [-0.15, -0.1) is 0 Å². The van der Waals surface area contributed by atoms with E-state index in [1.54, 1.807) is 0 Å². The van der Waals surface area contributed by atoms with Crippen molar-refractivity contribution in [3.8, 4) is 0 Å². The Morgan fingerprint density at radius 1 is 0.478 bits per heavy atom. The third-order valence-corrected chi connectivity index (χ3v) is 3.97. The van der Waals surface area contributed by atoms with Gasteiger partial charge in [0.2, 0.25) is 0 Å². The SMILES string of the molecule is O=c1oc(=O)c2c3ccccccc3c3ccccccc3c12. The van der Waals surface area contributed by atoms with Crippen molar-refractivity contribution in [2.24, 2.45) is 0 Å². The molecule has 0 radical (unpaired) electrons. The van der Waals surface area contributed by atoms with E-state index in [0.29, 0.717) is 10.8 Å². The fourth-order valence-corrected chi connectivity index (χ4v) is 3.01. The van der Waals surface area contributed by atoms with E-state index in [2.05, 4.69) is 0 Å². The molecule has 3 aromatic carbocycles. The first-order valence-electron chi connectivity index (χ1n) is 7.30. The second kappa shape index (κ2) is 5.21. The molecule has 0 atom stereocenters. The molecule has 0 amide bonds. The van der Waals surface area contributed by atoms with Crippen LogP contribution in [0.4, 0.5) is 0 Å². The third-order valence-electron chi connectivity index (χ3n) is 3.97. The van der Waals surface area contributed by atoms with Crippen LogP contribution < -0.4 is 11.3 Å². The highest BCUT2D eigenvalue weighted by Gasteiger charge is 2.15. The van der Waals surface area contributed by atoms with Crippen LogP contribution in [0, 0.1) is 0 Å². The lowest BCUT2D eigenvalue weighted by molar-refractivity contribution is 0.500. The molecule has 0 saturated heterocycles. The second-order valence-corrected chi connectivity index (χ2v) is 5.29. The maximum absolute atomic E-state index is 12.2. The Kier molecular flexibility index (Phi) is 3.05. The van der Waals surface area contributed by atoms with E-state index >= 15 is 0 Å². The monoisotopic (exact) mass is 300 g/mol. The summed E-state index contributed by atoms with van der Waals surface area (Å²) in [6.45, 7) is 0. The summed E-state index contributed by atoms with van der Waals surface area (Å²) in [4.78, 5) is 24.4. The van der Waals surface area contributed by atoms with Gasteiger partial charge in [-0.1, -0.05) is 72.8 Å². The first-order chi connectivity index (χ1) is 11.3. The maximum atomic E-state index is 12.2. The molecular formula is C20H12O3. The Balaban J connectivity index is 2.52. The number of rotatable bonds is 0. The molecule has 0 aliphatic heterocycles. The summed E-state index contributed by atoms with van der Waals surface area (Å²) in [5.41, 5.74) is -1.16. The van der Waals surface area contributed by atoms with Crippen molar-refractivity contribution in [3.63, 3.8) is 0 Å². The van der Waals surface area contributed by atoms with Crippen molar-refractivity contribution < 1.29 is 4.42 Å². The van der Waals surface area contributed by atoms with Crippen LogP contribution in [0.3, 0.4) is 0 Å². The van der Waals surface area contributed by atoms with Crippen LogP contribution in [0.2, 0.25) is 0 Å². The summed E-state index contributed by atoms with van der Waals surface area (Å²) in [6.07, 6.45) is 0. The minimum atomic E-state index is -0.582. The molecule has 1 heterocycles. The van der Waals surface area contributed by atoms with Gasteiger partial charge in [0.15, 0.2) is 0 Å². The average molecular weight is 300 g/mol. The van der Waals surface area contributed by atoms with E-state index in [4.69, 9.17) is 4.42 Å². The summed E-state index contributed by atoms with van der Waals surface area (Å²) >= 11 is 0. The molecule has 0 spiro atoms. The predicted molar refractivity (Wildman–Crippen MR) is 92.6 cm³/mol. The van der Waals surface area contributed by atoms with Gasteiger partial charge in [0, 0.05) is 0 Å². The van der Waals surface area contributed by atoms with Gasteiger partial charge in [-0.25, -0.2) is 9.59 Å². The van der Waals surface area contributed by atoms with Gasteiger partial charge in [0.25, 0.3) is 0 Å². The minimum absolute atomic E-state index is 0.350. The Labute approximate surface area is 131 Å². The Morgan fingerprint density at radius 3 is 1.22 bits per heavy atom. The number of hydrogen-bond acceptors (Lipinski definition) is 3. The topological polar surface area (TPSA) is 47.3 Å². The molecular weight excluding hydrogens is 288 g/mol. The summed E-state index contributed by atoms with van der Waals surface area (Å²) in [5, 5.41) is 3.95. The van der Waals surface area contributed by atoms with E-state index in [-0.39, 0.29) is 0 Å². The van der Waals surface area contributed by atoms with Crippen LogP contribution in [-0.4, -0.2) is 0 Å². The van der Waals surface area contributed by atoms with Gasteiger partial charge >= 0.3 is 11.3 Å². The summed E-state index contributed by atoms with van der Waals surface area (Å²) in [6, 6.07) is 22.7. The molecule has 0 N–H and O–H groups in total. The largest absolute Gasteiger partial charge is 0.386 e. The highest BCUT2D eigenvalue weighted by atomic mass is 16.4. The Hall–Kier alpha value is -3.20. The molecule has 23 heavy (non-hydrogen) atoms. The summed E-state index contributed by atoms with van der Waals surface area (Å²) in [7, 11) is 0. The zero-order chi connectivity index (χ0) is 15.8. The van der Waals surface area contributed by atoms with E-state index < -0.39 is 11.3 Å². The number of fused-ring (bicyclic) bond motifs is 6. The highest BCUT2D eigenvalue weighted by molar-refractivity contribution is 6.24. The van der Waals surface area contributed by atoms with Crippen LogP contribution in [0.1, 0.15) is 0 Å². The zero-order valence-corrected chi connectivity index (χ0v) is 12.2. The van der Waals surface area contributed by atoms with Crippen LogP contribution in [0.25, 0.3) is 32.3 Å². The smallest absolute Gasteiger partial charge is 0.347 e. The molecule has 1 aromatic heterocycles. The first kappa shape index (κ1) is 13.5. The number of furan rings is 1. The quantitative estimate of drug-likeness (QED) is 0.493. The van der Waals surface area contributed by atoms with Gasteiger partial charge in [-0.2, -0.15) is 0 Å². The van der Waals surface area contributed by atoms with Crippen molar-refractivity contribution in [2.75, 3.05) is 0 Å². The fourth-order valence-electron chi connectivity index (χ4n) is 3.01. The normalized spacial score (nSPS) is 11.0. The van der Waals surface area contributed by atoms with Crippen molar-refractivity contribution in [1.29, 1.82) is 0 Å².